The fourth-order valence-corrected chi connectivity index (χ4v) is 3.22. The fraction of sp³-hybridized carbons (Fsp3) is 0.0833. The number of carbonyl (C=O) groups excluding carboxylic acids is 1. The highest BCUT2D eigenvalue weighted by molar-refractivity contribution is 5.94. The van der Waals surface area contributed by atoms with Crippen LogP contribution in [0.3, 0.4) is 0 Å². The third-order valence-corrected chi connectivity index (χ3v) is 4.89. The molecule has 0 radical (unpaired) electrons. The van der Waals surface area contributed by atoms with Crippen molar-refractivity contribution in [2.45, 2.75) is 6.42 Å². The van der Waals surface area contributed by atoms with Gasteiger partial charge in [0.2, 0.25) is 5.95 Å². The van der Waals surface area contributed by atoms with Crippen LogP contribution in [-0.2, 0) is 6.42 Å². The number of nitrogens with zero attached hydrogens (tertiary/aromatic N) is 3. The largest absolute Gasteiger partial charge is 0.383 e. The summed E-state index contributed by atoms with van der Waals surface area (Å²) in [4.78, 5) is 24.7. The molecule has 1 heterocycles. The number of benzene rings is 3. The molecule has 1 amide bonds. The van der Waals surface area contributed by atoms with Crippen molar-refractivity contribution in [1.29, 1.82) is 0 Å². The van der Waals surface area contributed by atoms with Crippen LogP contribution in [0.2, 0.25) is 0 Å². The number of carbonyl (C=O) groups is 1. The van der Waals surface area contributed by atoms with Crippen molar-refractivity contribution in [3.63, 3.8) is 0 Å². The van der Waals surface area contributed by atoms with Gasteiger partial charge < -0.3 is 16.8 Å². The Hall–Kier alpha value is -4.33. The predicted molar refractivity (Wildman–Crippen MR) is 124 cm³/mol. The molecule has 0 aliphatic heterocycles. The van der Waals surface area contributed by atoms with Gasteiger partial charge in [-0.25, -0.2) is 9.37 Å². The third-order valence-electron chi connectivity index (χ3n) is 4.89. The lowest BCUT2D eigenvalue weighted by molar-refractivity contribution is 0.0950. The lowest BCUT2D eigenvalue weighted by Crippen LogP contribution is -2.26. The van der Waals surface area contributed by atoms with E-state index in [9.17, 15) is 9.18 Å². The highest BCUT2D eigenvalue weighted by Gasteiger charge is 2.09. The van der Waals surface area contributed by atoms with E-state index in [1.54, 1.807) is 24.4 Å². The Morgan fingerprint density at radius 2 is 1.81 bits per heavy atom. The first-order chi connectivity index (χ1) is 15.5. The van der Waals surface area contributed by atoms with E-state index in [0.717, 1.165) is 16.8 Å². The van der Waals surface area contributed by atoms with E-state index in [-0.39, 0.29) is 11.5 Å². The Morgan fingerprint density at radius 1 is 1.03 bits per heavy atom. The lowest BCUT2D eigenvalue weighted by Gasteiger charge is -2.06. The molecule has 4 rings (SSSR count). The number of nitrogen functional groups attached to an aromatic ring is 2. The summed E-state index contributed by atoms with van der Waals surface area (Å²) < 4.78 is 13.7. The number of amides is 1. The number of anilines is 2. The van der Waals surface area contributed by atoms with Gasteiger partial charge in [-0.1, -0.05) is 36.4 Å². The second kappa shape index (κ2) is 9.22. The number of nitrogens with two attached hydrogens (primary N) is 2. The molecule has 0 saturated heterocycles. The van der Waals surface area contributed by atoms with Gasteiger partial charge in [0.05, 0.1) is 16.8 Å². The Kier molecular flexibility index (Phi) is 6.03. The average Bonchev–Trinajstić information content (AvgIpc) is 2.79. The molecule has 0 atom stereocenters. The number of halogens is 1. The highest BCUT2D eigenvalue weighted by atomic mass is 19.1. The van der Waals surface area contributed by atoms with E-state index in [2.05, 4.69) is 20.3 Å². The van der Waals surface area contributed by atoms with Crippen molar-refractivity contribution in [3.05, 3.63) is 89.2 Å². The van der Waals surface area contributed by atoms with Crippen LogP contribution in [0, 0.1) is 5.82 Å². The Morgan fingerprint density at radius 3 is 2.59 bits per heavy atom. The van der Waals surface area contributed by atoms with Gasteiger partial charge in [0, 0.05) is 18.1 Å². The van der Waals surface area contributed by atoms with E-state index in [0.29, 0.717) is 29.7 Å². The second-order valence-corrected chi connectivity index (χ2v) is 7.15. The SMILES string of the molecule is Nc1nc(N)c2cc(N=Cc3ccc(CCNC(=O)c4ccccc4F)cc3)ccc2n1. The second-order valence-electron chi connectivity index (χ2n) is 7.15. The molecule has 0 spiro atoms. The van der Waals surface area contributed by atoms with Crippen molar-refractivity contribution >= 4 is 40.5 Å². The van der Waals surface area contributed by atoms with Crippen LogP contribution in [0.4, 0.5) is 21.8 Å². The highest BCUT2D eigenvalue weighted by Crippen LogP contribution is 2.24. The molecular weight excluding hydrogens is 407 g/mol. The Balaban J connectivity index is 1.35. The number of hydrogen-bond donors (Lipinski definition) is 3. The maximum absolute atomic E-state index is 13.7. The number of aliphatic imine (C=N–C) groups is 1. The quantitative estimate of drug-likeness (QED) is 0.405. The molecule has 0 fully saturated rings. The van der Waals surface area contributed by atoms with Crippen molar-refractivity contribution in [2.75, 3.05) is 18.0 Å². The van der Waals surface area contributed by atoms with E-state index >= 15 is 0 Å². The van der Waals surface area contributed by atoms with Gasteiger partial charge in [0.15, 0.2) is 0 Å². The van der Waals surface area contributed by atoms with Crippen molar-refractivity contribution in [2.24, 2.45) is 4.99 Å². The molecule has 3 aromatic carbocycles. The molecule has 160 valence electrons. The van der Waals surface area contributed by atoms with Crippen molar-refractivity contribution < 1.29 is 9.18 Å². The molecule has 0 bridgehead atoms. The van der Waals surface area contributed by atoms with Gasteiger partial charge in [-0.15, -0.1) is 0 Å². The normalized spacial score (nSPS) is 11.2. The molecule has 1 aromatic heterocycles. The van der Waals surface area contributed by atoms with E-state index in [1.165, 1.54) is 12.1 Å². The molecule has 7 nitrogen and oxygen atoms in total. The molecule has 4 aromatic rings. The monoisotopic (exact) mass is 428 g/mol. The Labute approximate surface area is 184 Å². The minimum atomic E-state index is -0.528. The zero-order valence-electron chi connectivity index (χ0n) is 17.1. The molecule has 0 saturated carbocycles. The molecule has 32 heavy (non-hydrogen) atoms. The predicted octanol–water partition coefficient (Wildman–Crippen LogP) is 3.66. The van der Waals surface area contributed by atoms with Gasteiger partial charge in [-0.3, -0.25) is 9.79 Å². The van der Waals surface area contributed by atoms with Crippen LogP contribution in [0.15, 0.2) is 71.7 Å². The van der Waals surface area contributed by atoms with Crippen LogP contribution >= 0.6 is 0 Å². The zero-order chi connectivity index (χ0) is 22.5. The minimum absolute atomic E-state index is 0.0459. The summed E-state index contributed by atoms with van der Waals surface area (Å²) in [6.45, 7) is 0.408. The minimum Gasteiger partial charge on any atom is -0.383 e. The number of nitrogens with one attached hydrogen (secondary N) is 1. The van der Waals surface area contributed by atoms with Crippen LogP contribution in [-0.4, -0.2) is 28.6 Å². The van der Waals surface area contributed by atoms with Crippen LogP contribution in [0.25, 0.3) is 10.9 Å². The van der Waals surface area contributed by atoms with E-state index in [1.807, 2.05) is 36.4 Å². The number of fused-ring (bicyclic) bond motifs is 1. The summed E-state index contributed by atoms with van der Waals surface area (Å²) >= 11 is 0. The molecule has 5 N–H and O–H groups in total. The first kappa shape index (κ1) is 20.9. The summed E-state index contributed by atoms with van der Waals surface area (Å²) in [6, 6.07) is 19.2. The first-order valence-corrected chi connectivity index (χ1v) is 9.98. The smallest absolute Gasteiger partial charge is 0.254 e. The van der Waals surface area contributed by atoms with Crippen molar-refractivity contribution in [3.8, 4) is 0 Å². The van der Waals surface area contributed by atoms with Crippen LogP contribution in [0.1, 0.15) is 21.5 Å². The van der Waals surface area contributed by atoms with Gasteiger partial charge in [-0.2, -0.15) is 4.98 Å². The topological polar surface area (TPSA) is 119 Å². The van der Waals surface area contributed by atoms with Crippen molar-refractivity contribution in [1.82, 2.24) is 15.3 Å². The first-order valence-electron chi connectivity index (χ1n) is 9.98. The number of hydrogen-bond acceptors (Lipinski definition) is 6. The average molecular weight is 428 g/mol. The molecule has 0 aliphatic carbocycles. The standard InChI is InChI=1S/C24H21FN6O/c25-20-4-2-1-3-18(20)23(32)28-12-11-15-5-7-16(8-6-15)14-29-17-9-10-21-19(13-17)22(26)31-24(27)30-21/h1-10,13-14H,11-12H2,(H,28,32)(H4,26,27,30,31). The van der Waals surface area contributed by atoms with E-state index < -0.39 is 11.7 Å². The summed E-state index contributed by atoms with van der Waals surface area (Å²) in [5.74, 6) is -0.496. The lowest BCUT2D eigenvalue weighted by atomic mass is 10.1. The third kappa shape index (κ3) is 4.86. The summed E-state index contributed by atoms with van der Waals surface area (Å²) in [7, 11) is 0. The number of rotatable bonds is 6. The van der Waals surface area contributed by atoms with Gasteiger partial charge in [0.1, 0.15) is 11.6 Å². The molecular formula is C24H21FN6O. The molecule has 0 unspecified atom stereocenters. The van der Waals surface area contributed by atoms with Crippen LogP contribution < -0.4 is 16.8 Å². The zero-order valence-corrected chi connectivity index (χ0v) is 17.1. The van der Waals surface area contributed by atoms with E-state index in [4.69, 9.17) is 11.5 Å². The summed E-state index contributed by atoms with van der Waals surface area (Å²) in [6.07, 6.45) is 2.38. The fourth-order valence-electron chi connectivity index (χ4n) is 3.22. The molecule has 8 heteroatoms. The van der Waals surface area contributed by atoms with Crippen LogP contribution in [0.5, 0.6) is 0 Å². The van der Waals surface area contributed by atoms with Gasteiger partial charge >= 0.3 is 0 Å². The van der Waals surface area contributed by atoms with Gasteiger partial charge in [0.25, 0.3) is 5.91 Å². The summed E-state index contributed by atoms with van der Waals surface area (Å²) in [5.41, 5.74) is 14.9. The Bertz CT molecular complexity index is 1300. The summed E-state index contributed by atoms with van der Waals surface area (Å²) in [5, 5.41) is 3.43. The molecule has 0 aliphatic rings. The number of aromatic nitrogens is 2. The maximum atomic E-state index is 13.7. The maximum Gasteiger partial charge on any atom is 0.254 e. The van der Waals surface area contributed by atoms with Gasteiger partial charge in [-0.05, 0) is 47.9 Å².